The normalized spacial score (nSPS) is 26.4. The number of ether oxygens (including phenoxy) is 2. The quantitative estimate of drug-likeness (QED) is 0.289. The maximum atomic E-state index is 14.4. The molecule has 0 N–H and O–H groups in total. The predicted octanol–water partition coefficient (Wildman–Crippen LogP) is 5.33. The molecular weight excluding hydrogens is 635 g/mol. The molecule has 0 bridgehead atoms. The molecule has 0 radical (unpaired) electrons. The molecule has 0 unspecified atom stereocenters. The van der Waals surface area contributed by atoms with E-state index < -0.39 is 52.4 Å². The summed E-state index contributed by atoms with van der Waals surface area (Å²) in [7, 11) is 0. The summed E-state index contributed by atoms with van der Waals surface area (Å²) < 4.78 is 82.5. The third kappa shape index (κ3) is 6.12. The predicted molar refractivity (Wildman–Crippen MR) is 156 cm³/mol. The van der Waals surface area contributed by atoms with Crippen LogP contribution in [0, 0.1) is 11.3 Å². The minimum Gasteiger partial charge on any atom is -0.461 e. The van der Waals surface area contributed by atoms with Gasteiger partial charge in [0.2, 0.25) is 0 Å². The molecule has 1 amide bonds. The summed E-state index contributed by atoms with van der Waals surface area (Å²) in [6.07, 6.45) is -4.87. The van der Waals surface area contributed by atoms with Crippen LogP contribution >= 0.6 is 11.6 Å². The number of piperazine rings is 1. The standard InChI is InChI=1S/C31H32ClF5N6O3/c1-18(33)28(44)43-11-10-41(15-20(43)6-8-38)27-22-16-45-25(21-4-2-5-23(32)26(21)31(35,36)37)12-24(22)39-29(40-27)46-17-30-7-3-9-42(30)14-19(34)13-30/h2,4-5,19-20,25H,1,3,6-7,9-17H2/t19-,20+,25+,30+/m1/s1. The first-order valence-corrected chi connectivity index (χ1v) is 15.4. The van der Waals surface area contributed by atoms with Crippen molar-refractivity contribution in [2.75, 3.05) is 44.2 Å². The minimum absolute atomic E-state index is 0.0208. The van der Waals surface area contributed by atoms with Gasteiger partial charge in [0.1, 0.15) is 18.6 Å². The van der Waals surface area contributed by atoms with Crippen molar-refractivity contribution in [3.63, 3.8) is 0 Å². The molecule has 3 saturated heterocycles. The summed E-state index contributed by atoms with van der Waals surface area (Å²) in [4.78, 5) is 26.9. The maximum absolute atomic E-state index is 14.4. The fraction of sp³-hybridized carbons (Fsp3) is 0.548. The van der Waals surface area contributed by atoms with Crippen LogP contribution in [0.3, 0.4) is 0 Å². The van der Waals surface area contributed by atoms with Crippen LogP contribution < -0.4 is 9.64 Å². The van der Waals surface area contributed by atoms with Gasteiger partial charge in [0.15, 0.2) is 5.83 Å². The Balaban J connectivity index is 1.35. The molecule has 4 aliphatic rings. The number of benzene rings is 1. The van der Waals surface area contributed by atoms with Crippen molar-refractivity contribution in [2.45, 2.75) is 68.7 Å². The van der Waals surface area contributed by atoms with Crippen molar-refractivity contribution in [2.24, 2.45) is 0 Å². The van der Waals surface area contributed by atoms with Crippen molar-refractivity contribution in [3.05, 3.63) is 58.0 Å². The van der Waals surface area contributed by atoms with Gasteiger partial charge in [0.05, 0.1) is 53.1 Å². The molecular formula is C31H32ClF5N6O3. The highest BCUT2D eigenvalue weighted by atomic mass is 35.5. The average Bonchev–Trinajstić information content (AvgIpc) is 3.54. The molecule has 6 rings (SSSR count). The van der Waals surface area contributed by atoms with Crippen LogP contribution in [0.15, 0.2) is 30.6 Å². The lowest BCUT2D eigenvalue weighted by molar-refractivity contribution is -0.139. The molecule has 2 aromatic rings. The summed E-state index contributed by atoms with van der Waals surface area (Å²) in [5.74, 6) is -1.65. The van der Waals surface area contributed by atoms with E-state index in [1.165, 1.54) is 23.1 Å². The number of nitrogens with zero attached hydrogens (tertiary/aromatic N) is 6. The van der Waals surface area contributed by atoms with E-state index in [4.69, 9.17) is 26.1 Å². The molecule has 9 nitrogen and oxygen atoms in total. The number of rotatable bonds is 7. The Hall–Kier alpha value is -3.54. The van der Waals surface area contributed by atoms with Crippen molar-refractivity contribution in [1.82, 2.24) is 19.8 Å². The topological polar surface area (TPSA) is 94.8 Å². The monoisotopic (exact) mass is 666 g/mol. The Morgan fingerprint density at radius 2 is 2.04 bits per heavy atom. The number of carbonyl (C=O) groups is 1. The van der Waals surface area contributed by atoms with Crippen molar-refractivity contribution in [1.29, 1.82) is 5.26 Å². The third-order valence-electron chi connectivity index (χ3n) is 9.37. The number of halogens is 6. The molecule has 5 heterocycles. The van der Waals surface area contributed by atoms with Gasteiger partial charge >= 0.3 is 12.2 Å². The van der Waals surface area contributed by atoms with Gasteiger partial charge in [0.25, 0.3) is 5.91 Å². The smallest absolute Gasteiger partial charge is 0.418 e. The summed E-state index contributed by atoms with van der Waals surface area (Å²) in [5.41, 5.74) is -0.664. The Bertz CT molecular complexity index is 1570. The Labute approximate surface area is 267 Å². The lowest BCUT2D eigenvalue weighted by atomic mass is 9.94. The molecule has 46 heavy (non-hydrogen) atoms. The van der Waals surface area contributed by atoms with E-state index in [1.807, 2.05) is 11.0 Å². The largest absolute Gasteiger partial charge is 0.461 e. The van der Waals surface area contributed by atoms with Gasteiger partial charge in [-0.2, -0.15) is 28.4 Å². The van der Waals surface area contributed by atoms with Gasteiger partial charge in [-0.25, -0.2) is 8.78 Å². The zero-order valence-electron chi connectivity index (χ0n) is 24.8. The van der Waals surface area contributed by atoms with E-state index in [0.717, 1.165) is 19.4 Å². The van der Waals surface area contributed by atoms with Crippen LogP contribution in [-0.2, 0) is 28.7 Å². The van der Waals surface area contributed by atoms with Crippen molar-refractivity contribution in [3.8, 4) is 12.1 Å². The van der Waals surface area contributed by atoms with Crippen molar-refractivity contribution < 1.29 is 36.2 Å². The highest BCUT2D eigenvalue weighted by Gasteiger charge is 2.49. The number of alkyl halides is 4. The van der Waals surface area contributed by atoms with Gasteiger partial charge in [0, 0.05) is 44.6 Å². The van der Waals surface area contributed by atoms with Gasteiger partial charge in [-0.15, -0.1) is 0 Å². The number of aromatic nitrogens is 2. The van der Waals surface area contributed by atoms with Crippen LogP contribution in [0.4, 0.5) is 27.8 Å². The molecule has 1 aromatic carbocycles. The number of anilines is 1. The van der Waals surface area contributed by atoms with E-state index in [9.17, 15) is 32.0 Å². The van der Waals surface area contributed by atoms with Gasteiger partial charge < -0.3 is 19.3 Å². The van der Waals surface area contributed by atoms with Crippen LogP contribution in [0.25, 0.3) is 0 Å². The van der Waals surface area contributed by atoms with Crippen LogP contribution in [-0.4, -0.2) is 82.8 Å². The first-order chi connectivity index (χ1) is 21.9. The Kier molecular flexibility index (Phi) is 8.86. The second-order valence-electron chi connectivity index (χ2n) is 12.2. The van der Waals surface area contributed by atoms with Gasteiger partial charge in [-0.3, -0.25) is 9.69 Å². The number of carbonyl (C=O) groups excluding carboxylic acids is 1. The molecule has 0 aliphatic carbocycles. The first-order valence-electron chi connectivity index (χ1n) is 15.1. The van der Waals surface area contributed by atoms with E-state index in [2.05, 4.69) is 16.5 Å². The minimum atomic E-state index is -4.72. The zero-order chi connectivity index (χ0) is 32.8. The summed E-state index contributed by atoms with van der Waals surface area (Å²) >= 11 is 6.00. The first kappa shape index (κ1) is 32.4. The summed E-state index contributed by atoms with van der Waals surface area (Å²) in [6.45, 7) is 4.58. The van der Waals surface area contributed by atoms with E-state index in [-0.39, 0.29) is 57.3 Å². The lowest BCUT2D eigenvalue weighted by Gasteiger charge is -2.42. The molecule has 4 aliphatic heterocycles. The summed E-state index contributed by atoms with van der Waals surface area (Å²) in [5, 5.41) is 9.00. The number of amides is 1. The second-order valence-corrected chi connectivity index (χ2v) is 12.6. The molecule has 246 valence electrons. The number of fused-ring (bicyclic) bond motifs is 2. The van der Waals surface area contributed by atoms with E-state index in [0.29, 0.717) is 30.0 Å². The van der Waals surface area contributed by atoms with Crippen LogP contribution in [0.2, 0.25) is 5.02 Å². The fourth-order valence-electron chi connectivity index (χ4n) is 7.26. The number of hydrogen-bond acceptors (Lipinski definition) is 8. The van der Waals surface area contributed by atoms with Gasteiger partial charge in [-0.05, 0) is 31.0 Å². The fourth-order valence-corrected chi connectivity index (χ4v) is 7.55. The maximum Gasteiger partial charge on any atom is 0.418 e. The SMILES string of the molecule is C=C(F)C(=O)N1CCN(c2nc(OC[C@@]34CCCN3C[C@H](F)C4)nc3c2CO[C@H](c2cccc(Cl)c2C(F)(F)F)C3)C[C@@H]1CC#N. The lowest BCUT2D eigenvalue weighted by Crippen LogP contribution is -2.55. The van der Waals surface area contributed by atoms with Crippen LogP contribution in [0.5, 0.6) is 6.01 Å². The van der Waals surface area contributed by atoms with E-state index >= 15 is 0 Å². The number of hydrogen-bond donors (Lipinski definition) is 0. The Morgan fingerprint density at radius 3 is 2.78 bits per heavy atom. The number of nitriles is 1. The van der Waals surface area contributed by atoms with Gasteiger partial charge in [-0.1, -0.05) is 30.3 Å². The Morgan fingerprint density at radius 1 is 1.24 bits per heavy atom. The zero-order valence-corrected chi connectivity index (χ0v) is 25.6. The highest BCUT2D eigenvalue weighted by molar-refractivity contribution is 6.31. The molecule has 0 saturated carbocycles. The molecule has 3 fully saturated rings. The second kappa shape index (κ2) is 12.6. The third-order valence-corrected chi connectivity index (χ3v) is 9.68. The molecule has 1 aromatic heterocycles. The van der Waals surface area contributed by atoms with Crippen molar-refractivity contribution >= 4 is 23.3 Å². The van der Waals surface area contributed by atoms with E-state index in [1.54, 1.807) is 0 Å². The highest BCUT2D eigenvalue weighted by Crippen LogP contribution is 2.44. The molecule has 15 heteroatoms. The van der Waals surface area contributed by atoms with Crippen LogP contribution in [0.1, 0.15) is 54.2 Å². The summed E-state index contributed by atoms with van der Waals surface area (Å²) in [6, 6.07) is 5.26. The molecule has 4 atom stereocenters. The average molecular weight is 667 g/mol. The molecule has 0 spiro atoms.